The van der Waals surface area contributed by atoms with Gasteiger partial charge < -0.3 is 10.6 Å². The third-order valence-electron chi connectivity index (χ3n) is 2.57. The molecule has 0 saturated carbocycles. The van der Waals surface area contributed by atoms with Crippen molar-refractivity contribution in [1.29, 1.82) is 0 Å². The Hall–Kier alpha value is -0.570. The van der Waals surface area contributed by atoms with E-state index in [0.717, 1.165) is 13.0 Å². The van der Waals surface area contributed by atoms with Gasteiger partial charge in [0.15, 0.2) is 0 Å². The third-order valence-corrected chi connectivity index (χ3v) is 2.57. The molecule has 0 aliphatic rings. The SMILES string of the molecule is CCCN(C(=O)C(C)(N)CC)C(C)C. The van der Waals surface area contributed by atoms with E-state index in [2.05, 4.69) is 6.92 Å². The van der Waals surface area contributed by atoms with Crippen molar-refractivity contribution in [3.05, 3.63) is 0 Å². The molecule has 0 aliphatic carbocycles. The van der Waals surface area contributed by atoms with E-state index < -0.39 is 5.54 Å². The van der Waals surface area contributed by atoms with E-state index in [0.29, 0.717) is 6.42 Å². The molecule has 0 aromatic heterocycles. The second-order valence-electron chi connectivity index (χ2n) is 4.36. The van der Waals surface area contributed by atoms with Gasteiger partial charge in [0.25, 0.3) is 0 Å². The minimum absolute atomic E-state index is 0.0665. The van der Waals surface area contributed by atoms with Gasteiger partial charge in [-0.05, 0) is 33.6 Å². The summed E-state index contributed by atoms with van der Waals surface area (Å²) >= 11 is 0. The Balaban J connectivity index is 4.59. The van der Waals surface area contributed by atoms with Crippen LogP contribution >= 0.6 is 0 Å². The number of hydrogen-bond acceptors (Lipinski definition) is 2. The van der Waals surface area contributed by atoms with Gasteiger partial charge in [0, 0.05) is 12.6 Å². The number of carbonyl (C=O) groups is 1. The molecule has 0 spiro atoms. The third kappa shape index (κ3) is 3.29. The van der Waals surface area contributed by atoms with E-state index in [-0.39, 0.29) is 11.9 Å². The second kappa shape index (κ2) is 5.35. The van der Waals surface area contributed by atoms with Crippen molar-refractivity contribution < 1.29 is 4.79 Å². The molecule has 1 amide bonds. The molecular formula is C11H24N2O. The van der Waals surface area contributed by atoms with Crippen molar-refractivity contribution in [2.75, 3.05) is 6.54 Å². The zero-order chi connectivity index (χ0) is 11.4. The Morgan fingerprint density at radius 2 is 1.93 bits per heavy atom. The first-order chi connectivity index (χ1) is 6.36. The van der Waals surface area contributed by atoms with Gasteiger partial charge in [0.2, 0.25) is 5.91 Å². The maximum atomic E-state index is 12.0. The van der Waals surface area contributed by atoms with Crippen LogP contribution in [0, 0.1) is 0 Å². The smallest absolute Gasteiger partial charge is 0.242 e. The Labute approximate surface area is 87.6 Å². The van der Waals surface area contributed by atoms with Crippen LogP contribution < -0.4 is 5.73 Å². The van der Waals surface area contributed by atoms with Gasteiger partial charge in [-0.25, -0.2) is 0 Å². The lowest BCUT2D eigenvalue weighted by Crippen LogP contribution is -2.54. The molecule has 14 heavy (non-hydrogen) atoms. The molecule has 0 fully saturated rings. The zero-order valence-corrected chi connectivity index (χ0v) is 10.1. The lowest BCUT2D eigenvalue weighted by Gasteiger charge is -2.33. The molecule has 1 atom stereocenters. The standard InChI is InChI=1S/C11H24N2O/c1-6-8-13(9(3)4)10(14)11(5,12)7-2/h9H,6-8,12H2,1-5H3. The van der Waals surface area contributed by atoms with Crippen LogP contribution in [-0.2, 0) is 4.79 Å². The molecular weight excluding hydrogens is 176 g/mol. The summed E-state index contributed by atoms with van der Waals surface area (Å²) in [7, 11) is 0. The summed E-state index contributed by atoms with van der Waals surface area (Å²) in [4.78, 5) is 13.9. The monoisotopic (exact) mass is 200 g/mol. The molecule has 0 heterocycles. The predicted octanol–water partition coefficient (Wildman–Crippen LogP) is 1.76. The summed E-state index contributed by atoms with van der Waals surface area (Å²) in [5, 5.41) is 0. The number of carbonyl (C=O) groups excluding carboxylic acids is 1. The predicted molar refractivity (Wildman–Crippen MR) is 60.0 cm³/mol. The highest BCUT2D eigenvalue weighted by molar-refractivity contribution is 5.85. The first kappa shape index (κ1) is 13.4. The molecule has 3 heteroatoms. The Bertz CT molecular complexity index is 188. The Morgan fingerprint density at radius 1 is 1.43 bits per heavy atom. The minimum atomic E-state index is -0.709. The maximum Gasteiger partial charge on any atom is 0.242 e. The first-order valence-corrected chi connectivity index (χ1v) is 5.46. The Kier molecular flexibility index (Phi) is 5.13. The summed E-state index contributed by atoms with van der Waals surface area (Å²) < 4.78 is 0. The van der Waals surface area contributed by atoms with Crippen LogP contribution in [0.3, 0.4) is 0 Å². The van der Waals surface area contributed by atoms with Crippen molar-refractivity contribution in [3.63, 3.8) is 0 Å². The van der Waals surface area contributed by atoms with Crippen molar-refractivity contribution in [2.24, 2.45) is 5.73 Å². The summed E-state index contributed by atoms with van der Waals surface area (Å²) in [5.41, 5.74) is 5.23. The highest BCUT2D eigenvalue weighted by Crippen LogP contribution is 2.12. The number of hydrogen-bond donors (Lipinski definition) is 1. The molecule has 2 N–H and O–H groups in total. The van der Waals surface area contributed by atoms with Crippen LogP contribution in [0.1, 0.15) is 47.5 Å². The number of nitrogens with zero attached hydrogens (tertiary/aromatic N) is 1. The van der Waals surface area contributed by atoms with Gasteiger partial charge in [-0.3, -0.25) is 4.79 Å². The van der Waals surface area contributed by atoms with E-state index >= 15 is 0 Å². The van der Waals surface area contributed by atoms with Crippen LogP contribution in [0.2, 0.25) is 0 Å². The zero-order valence-electron chi connectivity index (χ0n) is 10.1. The van der Waals surface area contributed by atoms with E-state index in [1.165, 1.54) is 0 Å². The highest BCUT2D eigenvalue weighted by atomic mass is 16.2. The largest absolute Gasteiger partial charge is 0.339 e. The van der Waals surface area contributed by atoms with Crippen LogP contribution in [0.4, 0.5) is 0 Å². The first-order valence-electron chi connectivity index (χ1n) is 5.46. The lowest BCUT2D eigenvalue weighted by molar-refractivity contribution is -0.138. The van der Waals surface area contributed by atoms with Crippen LogP contribution in [0.15, 0.2) is 0 Å². The van der Waals surface area contributed by atoms with Gasteiger partial charge in [-0.15, -0.1) is 0 Å². The number of amides is 1. The summed E-state index contributed by atoms with van der Waals surface area (Å²) in [5.74, 6) is 0.0665. The van der Waals surface area contributed by atoms with Crippen molar-refractivity contribution in [2.45, 2.75) is 59.0 Å². The fraction of sp³-hybridized carbons (Fsp3) is 0.909. The molecule has 1 unspecified atom stereocenters. The maximum absolute atomic E-state index is 12.0. The van der Waals surface area contributed by atoms with Gasteiger partial charge in [0.05, 0.1) is 5.54 Å². The molecule has 0 aromatic rings. The molecule has 0 rings (SSSR count). The molecule has 0 aromatic carbocycles. The summed E-state index contributed by atoms with van der Waals surface area (Å²) in [6, 6.07) is 0.233. The number of nitrogens with two attached hydrogens (primary N) is 1. The van der Waals surface area contributed by atoms with Crippen LogP contribution in [-0.4, -0.2) is 28.9 Å². The topological polar surface area (TPSA) is 46.3 Å². The number of rotatable bonds is 5. The van der Waals surface area contributed by atoms with Crippen molar-refractivity contribution >= 4 is 5.91 Å². The van der Waals surface area contributed by atoms with Gasteiger partial charge >= 0.3 is 0 Å². The lowest BCUT2D eigenvalue weighted by atomic mass is 9.97. The fourth-order valence-corrected chi connectivity index (χ4v) is 1.31. The average molecular weight is 200 g/mol. The van der Waals surface area contributed by atoms with Crippen LogP contribution in [0.5, 0.6) is 0 Å². The normalized spacial score (nSPS) is 15.4. The summed E-state index contributed by atoms with van der Waals surface area (Å²) in [6.45, 7) is 10.7. The van der Waals surface area contributed by atoms with Gasteiger partial charge in [-0.2, -0.15) is 0 Å². The van der Waals surface area contributed by atoms with Crippen molar-refractivity contribution in [3.8, 4) is 0 Å². The fourth-order valence-electron chi connectivity index (χ4n) is 1.31. The average Bonchev–Trinajstić information content (AvgIpc) is 2.12. The molecule has 84 valence electrons. The van der Waals surface area contributed by atoms with E-state index in [1.54, 1.807) is 6.92 Å². The molecule has 0 radical (unpaired) electrons. The van der Waals surface area contributed by atoms with Crippen LogP contribution in [0.25, 0.3) is 0 Å². The van der Waals surface area contributed by atoms with Gasteiger partial charge in [0.1, 0.15) is 0 Å². The molecule has 0 saturated heterocycles. The summed E-state index contributed by atoms with van der Waals surface area (Å²) in [6.07, 6.45) is 1.66. The highest BCUT2D eigenvalue weighted by Gasteiger charge is 2.31. The molecule has 0 bridgehead atoms. The Morgan fingerprint density at radius 3 is 2.21 bits per heavy atom. The molecule has 0 aliphatic heterocycles. The second-order valence-corrected chi connectivity index (χ2v) is 4.36. The quantitative estimate of drug-likeness (QED) is 0.735. The van der Waals surface area contributed by atoms with Crippen molar-refractivity contribution in [1.82, 2.24) is 4.90 Å². The van der Waals surface area contributed by atoms with Gasteiger partial charge in [-0.1, -0.05) is 13.8 Å². The van der Waals surface area contributed by atoms with E-state index in [1.807, 2.05) is 25.7 Å². The van der Waals surface area contributed by atoms with E-state index in [9.17, 15) is 4.79 Å². The minimum Gasteiger partial charge on any atom is -0.339 e. The molecule has 3 nitrogen and oxygen atoms in total. The van der Waals surface area contributed by atoms with E-state index in [4.69, 9.17) is 5.73 Å².